The van der Waals surface area contributed by atoms with Crippen molar-refractivity contribution in [2.75, 3.05) is 0 Å². The van der Waals surface area contributed by atoms with Gasteiger partial charge in [-0.2, -0.15) is 0 Å². The van der Waals surface area contributed by atoms with Crippen LogP contribution < -0.4 is 5.32 Å². The summed E-state index contributed by atoms with van der Waals surface area (Å²) >= 11 is 0. The molecule has 1 amide bonds. The Hall–Kier alpha value is -0.725. The van der Waals surface area contributed by atoms with Crippen LogP contribution in [0.1, 0.15) is 19.3 Å². The number of carbonyl (C=O) groups is 1. The lowest BCUT2D eigenvalue weighted by Crippen LogP contribution is -2.51. The second kappa shape index (κ2) is 2.49. The van der Waals surface area contributed by atoms with Gasteiger partial charge < -0.3 is 5.32 Å². The average Bonchev–Trinajstić information content (AvgIpc) is 1.78. The molecule has 0 spiro atoms. The SMILES string of the molecule is [B]C(=O)NC1(C=C)CCC1. The molecule has 0 bridgehead atoms. The third-order valence-corrected chi connectivity index (χ3v) is 2.01. The van der Waals surface area contributed by atoms with E-state index in [0.29, 0.717) is 0 Å². The van der Waals surface area contributed by atoms with Gasteiger partial charge in [0, 0.05) is 0 Å². The van der Waals surface area contributed by atoms with Crippen molar-refractivity contribution < 1.29 is 4.79 Å². The van der Waals surface area contributed by atoms with Crippen LogP contribution in [0, 0.1) is 0 Å². The number of hydrogen-bond donors (Lipinski definition) is 1. The molecule has 52 valence electrons. The van der Waals surface area contributed by atoms with Gasteiger partial charge in [-0.25, -0.2) is 0 Å². The molecule has 1 rings (SSSR count). The summed E-state index contributed by atoms with van der Waals surface area (Å²) < 4.78 is 0. The molecule has 3 heteroatoms. The Kier molecular flexibility index (Phi) is 1.83. The van der Waals surface area contributed by atoms with E-state index in [1.54, 1.807) is 6.08 Å². The molecule has 1 N–H and O–H groups in total. The normalized spacial score (nSPS) is 20.8. The maximum atomic E-state index is 10.4. The topological polar surface area (TPSA) is 29.1 Å². The lowest BCUT2D eigenvalue weighted by molar-refractivity contribution is 0.225. The summed E-state index contributed by atoms with van der Waals surface area (Å²) in [5, 5.41) is 2.66. The van der Waals surface area contributed by atoms with Crippen LogP contribution in [0.15, 0.2) is 12.7 Å². The van der Waals surface area contributed by atoms with Crippen molar-refractivity contribution in [1.29, 1.82) is 0 Å². The Morgan fingerprint density at radius 1 is 1.70 bits per heavy atom. The van der Waals surface area contributed by atoms with Crippen molar-refractivity contribution in [1.82, 2.24) is 5.32 Å². The molecule has 10 heavy (non-hydrogen) atoms. The molecule has 0 aromatic heterocycles. The summed E-state index contributed by atoms with van der Waals surface area (Å²) in [5.41, 5.74) is -0.175. The highest BCUT2D eigenvalue weighted by molar-refractivity contribution is 6.57. The third-order valence-electron chi connectivity index (χ3n) is 2.01. The first-order valence-electron chi connectivity index (χ1n) is 3.40. The van der Waals surface area contributed by atoms with Gasteiger partial charge in [0.2, 0.25) is 7.85 Å². The van der Waals surface area contributed by atoms with Gasteiger partial charge in [0.25, 0.3) is 0 Å². The van der Waals surface area contributed by atoms with Gasteiger partial charge in [0.05, 0.1) is 5.54 Å². The fraction of sp³-hybridized carbons (Fsp3) is 0.571. The quantitative estimate of drug-likeness (QED) is 0.443. The van der Waals surface area contributed by atoms with Crippen LogP contribution in [0.3, 0.4) is 0 Å². The van der Waals surface area contributed by atoms with E-state index in [1.807, 2.05) is 0 Å². The van der Waals surface area contributed by atoms with Crippen LogP contribution in [0.4, 0.5) is 4.79 Å². The molecule has 0 aromatic carbocycles. The number of amides is 1. The van der Waals surface area contributed by atoms with E-state index in [4.69, 9.17) is 7.85 Å². The minimum absolute atomic E-state index is 0.175. The van der Waals surface area contributed by atoms with Crippen LogP contribution in [0.2, 0.25) is 0 Å². The van der Waals surface area contributed by atoms with Crippen LogP contribution in [-0.4, -0.2) is 19.2 Å². The largest absolute Gasteiger partial charge is 0.357 e. The zero-order chi connectivity index (χ0) is 7.61. The van der Waals surface area contributed by atoms with Crippen LogP contribution in [-0.2, 0) is 0 Å². The average molecular weight is 135 g/mol. The summed E-state index contributed by atoms with van der Waals surface area (Å²) in [4.78, 5) is 10.4. The molecule has 1 aliphatic rings. The smallest absolute Gasteiger partial charge is 0.200 e. The maximum absolute atomic E-state index is 10.4. The first-order valence-corrected chi connectivity index (χ1v) is 3.40. The summed E-state index contributed by atoms with van der Waals surface area (Å²) in [5.74, 6) is -0.459. The summed E-state index contributed by atoms with van der Waals surface area (Å²) in [7, 11) is 4.97. The van der Waals surface area contributed by atoms with E-state index in [-0.39, 0.29) is 5.54 Å². The summed E-state index contributed by atoms with van der Waals surface area (Å²) in [6.07, 6.45) is 4.85. The first kappa shape index (κ1) is 7.38. The Balaban J connectivity index is 2.48. The molecule has 0 aliphatic heterocycles. The molecule has 0 heterocycles. The lowest BCUT2D eigenvalue weighted by Gasteiger charge is -2.39. The molecular formula is C7H10BNO. The van der Waals surface area contributed by atoms with Gasteiger partial charge in [-0.15, -0.1) is 6.58 Å². The van der Waals surface area contributed by atoms with Crippen molar-refractivity contribution >= 4 is 13.7 Å². The molecule has 0 atom stereocenters. The highest BCUT2D eigenvalue weighted by atomic mass is 16.1. The molecule has 1 saturated carbocycles. The minimum Gasteiger partial charge on any atom is -0.357 e. The number of hydrogen-bond acceptors (Lipinski definition) is 1. The zero-order valence-electron chi connectivity index (χ0n) is 5.89. The van der Waals surface area contributed by atoms with Gasteiger partial charge >= 0.3 is 0 Å². The Morgan fingerprint density at radius 3 is 2.40 bits per heavy atom. The third kappa shape index (κ3) is 1.23. The van der Waals surface area contributed by atoms with Crippen LogP contribution in [0.25, 0.3) is 0 Å². The molecule has 2 nitrogen and oxygen atoms in total. The van der Waals surface area contributed by atoms with E-state index < -0.39 is 5.81 Å². The monoisotopic (exact) mass is 135 g/mol. The predicted molar refractivity (Wildman–Crippen MR) is 41.1 cm³/mol. The van der Waals surface area contributed by atoms with E-state index >= 15 is 0 Å². The molecule has 1 aliphatic carbocycles. The first-order chi connectivity index (χ1) is 4.68. The molecular weight excluding hydrogens is 125 g/mol. The van der Waals surface area contributed by atoms with Crippen LogP contribution in [0.5, 0.6) is 0 Å². The van der Waals surface area contributed by atoms with Crippen molar-refractivity contribution in [3.05, 3.63) is 12.7 Å². The van der Waals surface area contributed by atoms with E-state index in [2.05, 4.69) is 11.9 Å². The summed E-state index contributed by atoms with van der Waals surface area (Å²) in [6.45, 7) is 3.64. The fourth-order valence-corrected chi connectivity index (χ4v) is 1.18. The minimum atomic E-state index is -0.459. The van der Waals surface area contributed by atoms with Gasteiger partial charge in [0.15, 0.2) is 5.81 Å². The van der Waals surface area contributed by atoms with Gasteiger partial charge in [-0.05, 0) is 19.3 Å². The fourth-order valence-electron chi connectivity index (χ4n) is 1.18. The highest BCUT2D eigenvalue weighted by Crippen LogP contribution is 2.32. The number of rotatable bonds is 2. The second-order valence-corrected chi connectivity index (χ2v) is 2.70. The van der Waals surface area contributed by atoms with Crippen molar-refractivity contribution in [3.63, 3.8) is 0 Å². The molecule has 0 unspecified atom stereocenters. The molecule has 0 saturated heterocycles. The van der Waals surface area contributed by atoms with Crippen molar-refractivity contribution in [2.24, 2.45) is 0 Å². The lowest BCUT2D eigenvalue weighted by atomic mass is 9.76. The van der Waals surface area contributed by atoms with Gasteiger partial charge in [-0.1, -0.05) is 6.08 Å². The Labute approximate surface area is 62.1 Å². The Bertz CT molecular complexity index is 163. The summed E-state index contributed by atoms with van der Waals surface area (Å²) in [6, 6.07) is 0. The predicted octanol–water partition coefficient (Wildman–Crippen LogP) is 0.973. The van der Waals surface area contributed by atoms with Gasteiger partial charge in [-0.3, -0.25) is 4.79 Å². The van der Waals surface area contributed by atoms with Gasteiger partial charge in [0.1, 0.15) is 0 Å². The Morgan fingerprint density at radius 2 is 2.30 bits per heavy atom. The molecule has 1 fully saturated rings. The zero-order valence-corrected chi connectivity index (χ0v) is 5.89. The van der Waals surface area contributed by atoms with Crippen LogP contribution >= 0.6 is 0 Å². The second-order valence-electron chi connectivity index (χ2n) is 2.70. The van der Waals surface area contributed by atoms with E-state index in [1.165, 1.54) is 0 Å². The number of nitrogens with one attached hydrogen (secondary N) is 1. The van der Waals surface area contributed by atoms with Crippen molar-refractivity contribution in [2.45, 2.75) is 24.8 Å². The van der Waals surface area contributed by atoms with E-state index in [9.17, 15) is 4.79 Å². The maximum Gasteiger partial charge on any atom is 0.200 e. The highest BCUT2D eigenvalue weighted by Gasteiger charge is 2.33. The van der Waals surface area contributed by atoms with Crippen molar-refractivity contribution in [3.8, 4) is 0 Å². The molecule has 2 radical (unpaired) electrons. The standard InChI is InChI=1S/C7H10BNO/c1-2-7(4-3-5-7)9-6(8)10/h2H,1,3-5H2,(H,9,10). The molecule has 0 aromatic rings. The van der Waals surface area contributed by atoms with E-state index in [0.717, 1.165) is 19.3 Å². The number of carbonyl (C=O) groups excluding carboxylic acids is 1.